The maximum absolute atomic E-state index is 9.09. The van der Waals surface area contributed by atoms with Gasteiger partial charge in [-0.2, -0.15) is 0 Å². The molecule has 0 bridgehead atoms. The van der Waals surface area contributed by atoms with Gasteiger partial charge in [-0.25, -0.2) is 0 Å². The van der Waals surface area contributed by atoms with Crippen molar-refractivity contribution < 1.29 is 20.1 Å². The van der Waals surface area contributed by atoms with Crippen LogP contribution in [0.1, 0.15) is 0 Å². The van der Waals surface area contributed by atoms with Crippen LogP contribution >= 0.6 is 22.6 Å². The molecule has 10 heavy (non-hydrogen) atoms. The van der Waals surface area contributed by atoms with E-state index in [0.29, 0.717) is 4.43 Å². The average molecular weight is 260 g/mol. The Morgan fingerprint density at radius 2 is 1.80 bits per heavy atom. The summed E-state index contributed by atoms with van der Waals surface area (Å²) in [4.78, 5) is 0. The summed E-state index contributed by atoms with van der Waals surface area (Å²) in [5.41, 5.74) is 0. The van der Waals surface area contributed by atoms with Gasteiger partial charge in [0.05, 0.1) is 6.10 Å². The molecule has 0 aromatic rings. The van der Waals surface area contributed by atoms with Gasteiger partial charge in [0, 0.05) is 4.43 Å². The highest BCUT2D eigenvalue weighted by Crippen LogP contribution is 2.20. The second-order valence-electron chi connectivity index (χ2n) is 2.20. The molecule has 1 heterocycles. The van der Waals surface area contributed by atoms with Crippen LogP contribution in [0.2, 0.25) is 0 Å². The van der Waals surface area contributed by atoms with E-state index in [1.54, 1.807) is 0 Å². The van der Waals surface area contributed by atoms with E-state index in [2.05, 4.69) is 0 Å². The summed E-state index contributed by atoms with van der Waals surface area (Å²) in [5.74, 6) is 0. The fourth-order valence-electron chi connectivity index (χ4n) is 0.856. The second kappa shape index (κ2) is 3.31. The van der Waals surface area contributed by atoms with Crippen LogP contribution < -0.4 is 0 Å². The van der Waals surface area contributed by atoms with E-state index in [1.807, 2.05) is 22.6 Å². The molecule has 0 saturated carbocycles. The Hall–Kier alpha value is 0.570. The minimum Gasteiger partial charge on any atom is -0.387 e. The molecule has 60 valence electrons. The van der Waals surface area contributed by atoms with Gasteiger partial charge >= 0.3 is 0 Å². The largest absolute Gasteiger partial charge is 0.387 e. The first kappa shape index (κ1) is 8.66. The molecule has 5 heteroatoms. The second-order valence-corrected chi connectivity index (χ2v) is 3.08. The first-order valence-corrected chi connectivity index (χ1v) is 4.45. The van der Waals surface area contributed by atoms with Gasteiger partial charge in [0.2, 0.25) is 0 Å². The maximum atomic E-state index is 9.09. The minimum absolute atomic E-state index is 0.439. The van der Waals surface area contributed by atoms with E-state index in [1.165, 1.54) is 0 Å². The number of hydrogen-bond acceptors (Lipinski definition) is 4. The SMILES string of the molecule is OC1O[C@H](CI)[C@H](O)[C@H]1O. The molecule has 0 aromatic heterocycles. The smallest absolute Gasteiger partial charge is 0.183 e. The van der Waals surface area contributed by atoms with Gasteiger partial charge in [-0.3, -0.25) is 0 Å². The van der Waals surface area contributed by atoms with E-state index in [0.717, 1.165) is 0 Å². The fourth-order valence-corrected chi connectivity index (χ4v) is 1.58. The summed E-state index contributed by atoms with van der Waals surface area (Å²) >= 11 is 2.02. The molecule has 4 atom stereocenters. The number of aliphatic hydroxyl groups excluding tert-OH is 3. The summed E-state index contributed by atoms with van der Waals surface area (Å²) in [6.07, 6.45) is -3.77. The highest BCUT2D eigenvalue weighted by Gasteiger charge is 2.40. The lowest BCUT2D eigenvalue weighted by molar-refractivity contribution is -0.123. The number of alkyl halides is 1. The lowest BCUT2D eigenvalue weighted by Gasteiger charge is -2.09. The van der Waals surface area contributed by atoms with Crippen LogP contribution in [0.25, 0.3) is 0 Å². The molecule has 1 aliphatic heterocycles. The van der Waals surface area contributed by atoms with Crippen molar-refractivity contribution in [2.24, 2.45) is 0 Å². The predicted molar refractivity (Wildman–Crippen MR) is 41.8 cm³/mol. The van der Waals surface area contributed by atoms with Crippen molar-refractivity contribution in [1.82, 2.24) is 0 Å². The molecule has 0 spiro atoms. The van der Waals surface area contributed by atoms with E-state index in [9.17, 15) is 0 Å². The van der Waals surface area contributed by atoms with Crippen LogP contribution in [0.4, 0.5) is 0 Å². The van der Waals surface area contributed by atoms with Gasteiger partial charge in [0.25, 0.3) is 0 Å². The topological polar surface area (TPSA) is 69.9 Å². The van der Waals surface area contributed by atoms with Crippen LogP contribution in [0.3, 0.4) is 0 Å². The quantitative estimate of drug-likeness (QED) is 0.412. The molecule has 1 saturated heterocycles. The summed E-state index contributed by atoms with van der Waals surface area (Å²) in [7, 11) is 0. The Kier molecular flexibility index (Phi) is 2.87. The van der Waals surface area contributed by atoms with Crippen LogP contribution in [0, 0.1) is 0 Å². The number of aliphatic hydroxyl groups is 3. The summed E-state index contributed by atoms with van der Waals surface area (Å²) in [6.45, 7) is 0. The molecule has 0 radical (unpaired) electrons. The van der Waals surface area contributed by atoms with Gasteiger partial charge in [0.1, 0.15) is 12.2 Å². The Morgan fingerprint density at radius 3 is 2.00 bits per heavy atom. The number of hydrogen-bond donors (Lipinski definition) is 3. The summed E-state index contributed by atoms with van der Waals surface area (Å²) in [6, 6.07) is 0. The zero-order chi connectivity index (χ0) is 7.72. The molecule has 3 N–H and O–H groups in total. The Labute approximate surface area is 72.0 Å². The third kappa shape index (κ3) is 1.42. The minimum atomic E-state index is -1.23. The third-order valence-corrected chi connectivity index (χ3v) is 2.36. The molecular formula is C5H9IO4. The van der Waals surface area contributed by atoms with Crippen molar-refractivity contribution in [2.45, 2.75) is 24.6 Å². The molecule has 0 aromatic carbocycles. The van der Waals surface area contributed by atoms with Crippen LogP contribution in [0.5, 0.6) is 0 Å². The van der Waals surface area contributed by atoms with Crippen LogP contribution in [-0.2, 0) is 4.74 Å². The first-order valence-electron chi connectivity index (χ1n) is 2.92. The van der Waals surface area contributed by atoms with Gasteiger partial charge in [0.15, 0.2) is 6.29 Å². The summed E-state index contributed by atoms with van der Waals surface area (Å²) in [5, 5.41) is 26.9. The zero-order valence-electron chi connectivity index (χ0n) is 5.14. The lowest BCUT2D eigenvalue weighted by atomic mass is 10.2. The summed E-state index contributed by atoms with van der Waals surface area (Å²) < 4.78 is 5.35. The lowest BCUT2D eigenvalue weighted by Crippen LogP contribution is -2.32. The van der Waals surface area contributed by atoms with Gasteiger partial charge in [-0.15, -0.1) is 0 Å². The highest BCUT2D eigenvalue weighted by molar-refractivity contribution is 14.1. The molecule has 1 rings (SSSR count). The van der Waals surface area contributed by atoms with Gasteiger partial charge in [-0.1, -0.05) is 22.6 Å². The molecule has 4 nitrogen and oxygen atoms in total. The van der Waals surface area contributed by atoms with Crippen molar-refractivity contribution in [3.05, 3.63) is 0 Å². The molecule has 1 aliphatic rings. The van der Waals surface area contributed by atoms with E-state index >= 15 is 0 Å². The van der Waals surface area contributed by atoms with E-state index in [-0.39, 0.29) is 0 Å². The Bertz CT molecular complexity index is 120. The zero-order valence-corrected chi connectivity index (χ0v) is 7.30. The average Bonchev–Trinajstić information content (AvgIpc) is 2.17. The van der Waals surface area contributed by atoms with Crippen molar-refractivity contribution in [3.8, 4) is 0 Å². The predicted octanol–water partition coefficient (Wildman–Crippen LogP) is -1.14. The van der Waals surface area contributed by atoms with Crippen molar-refractivity contribution in [3.63, 3.8) is 0 Å². The maximum Gasteiger partial charge on any atom is 0.183 e. The first-order chi connectivity index (χ1) is 4.66. The fraction of sp³-hybridized carbons (Fsp3) is 1.00. The molecule has 1 fully saturated rings. The van der Waals surface area contributed by atoms with E-state index < -0.39 is 24.6 Å². The highest BCUT2D eigenvalue weighted by atomic mass is 127. The molecule has 1 unspecified atom stereocenters. The molecule has 0 amide bonds. The molecular weight excluding hydrogens is 251 g/mol. The number of halogens is 1. The monoisotopic (exact) mass is 260 g/mol. The van der Waals surface area contributed by atoms with Crippen molar-refractivity contribution in [1.29, 1.82) is 0 Å². The Morgan fingerprint density at radius 1 is 1.20 bits per heavy atom. The standard InChI is InChI=1S/C5H9IO4/c6-1-2-3(7)4(8)5(9)10-2/h2-5,7-9H,1H2/t2-,3+,4-,5?/m1/s1. The molecule has 0 aliphatic carbocycles. The van der Waals surface area contributed by atoms with E-state index in [4.69, 9.17) is 20.1 Å². The van der Waals surface area contributed by atoms with Crippen molar-refractivity contribution >= 4 is 22.6 Å². The van der Waals surface area contributed by atoms with Gasteiger partial charge in [-0.05, 0) is 0 Å². The Balaban J connectivity index is 2.53. The third-order valence-electron chi connectivity index (χ3n) is 1.49. The van der Waals surface area contributed by atoms with Gasteiger partial charge < -0.3 is 20.1 Å². The van der Waals surface area contributed by atoms with Crippen LogP contribution in [0.15, 0.2) is 0 Å². The number of ether oxygens (including phenoxy) is 1. The van der Waals surface area contributed by atoms with Crippen LogP contribution in [-0.4, -0.2) is 44.3 Å². The number of rotatable bonds is 1. The normalized spacial score (nSPS) is 48.0. The van der Waals surface area contributed by atoms with Crippen molar-refractivity contribution in [2.75, 3.05) is 4.43 Å².